The fourth-order valence-corrected chi connectivity index (χ4v) is 5.64. The zero-order chi connectivity index (χ0) is 23.1. The lowest BCUT2D eigenvalue weighted by atomic mass is 10.1. The molecule has 0 aliphatic carbocycles. The third kappa shape index (κ3) is 5.75. The summed E-state index contributed by atoms with van der Waals surface area (Å²) in [6.07, 6.45) is 2.92. The van der Waals surface area contributed by atoms with Gasteiger partial charge in [-0.05, 0) is 50.5 Å². The van der Waals surface area contributed by atoms with E-state index >= 15 is 0 Å². The number of carbonyl (C=O) groups is 2. The minimum Gasteiger partial charge on any atom is -0.464 e. The molecule has 1 aliphatic heterocycles. The highest BCUT2D eigenvalue weighted by molar-refractivity contribution is 7.89. The van der Waals surface area contributed by atoms with Crippen LogP contribution < -0.4 is 5.32 Å². The molecule has 1 saturated heterocycles. The Hall–Kier alpha value is -2.71. The molecule has 3 rings (SSSR count). The Balaban J connectivity index is 1.80. The predicted octanol–water partition coefficient (Wildman–Crippen LogP) is 3.15. The van der Waals surface area contributed by atoms with Crippen molar-refractivity contribution >= 4 is 21.9 Å². The highest BCUT2D eigenvalue weighted by Crippen LogP contribution is 2.25. The van der Waals surface area contributed by atoms with E-state index in [2.05, 4.69) is 5.32 Å². The maximum Gasteiger partial charge on any atom is 0.328 e. The Labute approximate surface area is 189 Å². The second-order valence-corrected chi connectivity index (χ2v) is 9.85. The summed E-state index contributed by atoms with van der Waals surface area (Å²) in [6, 6.07) is 14.3. The van der Waals surface area contributed by atoms with Gasteiger partial charge in [-0.25, -0.2) is 13.2 Å². The molecule has 7 nitrogen and oxygen atoms in total. The average molecular weight is 459 g/mol. The Morgan fingerprint density at radius 3 is 2.56 bits per heavy atom. The maximum absolute atomic E-state index is 13.1. The minimum absolute atomic E-state index is 0.0784. The van der Waals surface area contributed by atoms with Crippen molar-refractivity contribution in [2.75, 3.05) is 13.2 Å². The van der Waals surface area contributed by atoms with Gasteiger partial charge in [0, 0.05) is 24.6 Å². The number of benzene rings is 2. The van der Waals surface area contributed by atoms with Crippen molar-refractivity contribution in [3.8, 4) is 0 Å². The first kappa shape index (κ1) is 23.9. The molecule has 8 heteroatoms. The topological polar surface area (TPSA) is 92.8 Å². The van der Waals surface area contributed by atoms with Crippen LogP contribution in [0.5, 0.6) is 0 Å². The number of amides is 1. The van der Waals surface area contributed by atoms with Gasteiger partial charge in [-0.3, -0.25) is 4.79 Å². The second-order valence-electron chi connectivity index (χ2n) is 7.96. The van der Waals surface area contributed by atoms with E-state index in [9.17, 15) is 18.0 Å². The van der Waals surface area contributed by atoms with E-state index in [0.29, 0.717) is 6.54 Å². The highest BCUT2D eigenvalue weighted by Gasteiger charge is 2.31. The lowest BCUT2D eigenvalue weighted by molar-refractivity contribution is -0.145. The second kappa shape index (κ2) is 10.7. The Morgan fingerprint density at radius 2 is 1.88 bits per heavy atom. The van der Waals surface area contributed by atoms with E-state index in [0.717, 1.165) is 24.8 Å². The van der Waals surface area contributed by atoms with Crippen LogP contribution >= 0.6 is 0 Å². The van der Waals surface area contributed by atoms with E-state index < -0.39 is 27.9 Å². The van der Waals surface area contributed by atoms with E-state index in [-0.39, 0.29) is 29.5 Å². The lowest BCUT2D eigenvalue weighted by Crippen LogP contribution is -2.43. The fraction of sp³-hybridized carbons (Fsp3) is 0.417. The molecule has 1 N–H and O–H groups in total. The number of esters is 1. The standard InChI is InChI=1S/C24H30N2O5S/c1-3-31-24(28)22(16-19-11-5-4-6-12-19)25-23(27)20-13-9-14-21(17-20)32(29,30)26-15-8-7-10-18(26)2/h4-6,9,11-14,17-18,22H,3,7-8,10,15-16H2,1-2H3,(H,25,27). The maximum atomic E-state index is 13.1. The molecule has 0 spiro atoms. The molecule has 2 unspecified atom stereocenters. The molecule has 2 aromatic rings. The van der Waals surface area contributed by atoms with Crippen LogP contribution in [0.2, 0.25) is 0 Å². The van der Waals surface area contributed by atoms with Gasteiger partial charge >= 0.3 is 5.97 Å². The van der Waals surface area contributed by atoms with Crippen LogP contribution in [0.4, 0.5) is 0 Å². The smallest absolute Gasteiger partial charge is 0.328 e. The summed E-state index contributed by atoms with van der Waals surface area (Å²) >= 11 is 0. The molecule has 172 valence electrons. The number of piperidine rings is 1. The van der Waals surface area contributed by atoms with E-state index in [4.69, 9.17) is 4.74 Å². The molecule has 1 amide bonds. The highest BCUT2D eigenvalue weighted by atomic mass is 32.2. The van der Waals surface area contributed by atoms with Gasteiger partial charge in [-0.1, -0.05) is 42.8 Å². The summed E-state index contributed by atoms with van der Waals surface area (Å²) in [5, 5.41) is 2.71. The summed E-state index contributed by atoms with van der Waals surface area (Å²) in [6.45, 7) is 4.28. The third-order valence-corrected chi connectivity index (χ3v) is 7.61. The summed E-state index contributed by atoms with van der Waals surface area (Å²) in [5.74, 6) is -1.06. The lowest BCUT2D eigenvalue weighted by Gasteiger charge is -2.32. The van der Waals surface area contributed by atoms with Gasteiger partial charge in [0.25, 0.3) is 5.91 Å². The summed E-state index contributed by atoms with van der Waals surface area (Å²) in [4.78, 5) is 25.5. The van der Waals surface area contributed by atoms with Crippen molar-refractivity contribution in [2.24, 2.45) is 0 Å². The van der Waals surface area contributed by atoms with Gasteiger partial charge < -0.3 is 10.1 Å². The van der Waals surface area contributed by atoms with Crippen LogP contribution in [0.1, 0.15) is 49.0 Å². The monoisotopic (exact) mass is 458 g/mol. The van der Waals surface area contributed by atoms with E-state index in [1.807, 2.05) is 37.3 Å². The normalized spacial score (nSPS) is 18.0. The zero-order valence-electron chi connectivity index (χ0n) is 18.5. The zero-order valence-corrected chi connectivity index (χ0v) is 19.3. The number of ether oxygens (including phenoxy) is 1. The van der Waals surface area contributed by atoms with Gasteiger partial charge in [-0.2, -0.15) is 4.31 Å². The summed E-state index contributed by atoms with van der Waals surface area (Å²) in [5.41, 5.74) is 1.05. The number of carbonyl (C=O) groups excluding carboxylic acids is 2. The molecule has 2 atom stereocenters. The molecule has 0 radical (unpaired) electrons. The van der Waals surface area contributed by atoms with E-state index in [1.165, 1.54) is 16.4 Å². The molecule has 1 fully saturated rings. The largest absolute Gasteiger partial charge is 0.464 e. The summed E-state index contributed by atoms with van der Waals surface area (Å²) in [7, 11) is -3.71. The molecule has 2 aromatic carbocycles. The number of hydrogen-bond donors (Lipinski definition) is 1. The molecular weight excluding hydrogens is 428 g/mol. The van der Waals surface area contributed by atoms with Gasteiger partial charge in [-0.15, -0.1) is 0 Å². The molecule has 0 bridgehead atoms. The number of hydrogen-bond acceptors (Lipinski definition) is 5. The third-order valence-electron chi connectivity index (χ3n) is 5.60. The first-order chi connectivity index (χ1) is 15.3. The molecule has 0 aromatic heterocycles. The first-order valence-corrected chi connectivity index (χ1v) is 12.4. The summed E-state index contributed by atoms with van der Waals surface area (Å²) < 4.78 is 32.9. The van der Waals surface area contributed by atoms with Gasteiger partial charge in [0.15, 0.2) is 0 Å². The van der Waals surface area contributed by atoms with Crippen LogP contribution in [0.25, 0.3) is 0 Å². The predicted molar refractivity (Wildman–Crippen MR) is 122 cm³/mol. The van der Waals surface area contributed by atoms with Crippen molar-refractivity contribution in [1.29, 1.82) is 0 Å². The molecule has 1 aliphatic rings. The number of nitrogens with zero attached hydrogens (tertiary/aromatic N) is 1. The van der Waals surface area contributed by atoms with Crippen LogP contribution in [0.15, 0.2) is 59.5 Å². The van der Waals surface area contributed by atoms with Crippen molar-refractivity contribution in [1.82, 2.24) is 9.62 Å². The van der Waals surface area contributed by atoms with Gasteiger partial charge in [0.1, 0.15) is 6.04 Å². The van der Waals surface area contributed by atoms with Gasteiger partial charge in [0.05, 0.1) is 11.5 Å². The Bertz CT molecular complexity index is 1040. The van der Waals surface area contributed by atoms with Crippen LogP contribution in [-0.4, -0.2) is 49.8 Å². The number of nitrogens with one attached hydrogen (secondary N) is 1. The Morgan fingerprint density at radius 1 is 1.12 bits per heavy atom. The van der Waals surface area contributed by atoms with Crippen LogP contribution in [0.3, 0.4) is 0 Å². The van der Waals surface area contributed by atoms with Crippen molar-refractivity contribution < 1.29 is 22.7 Å². The van der Waals surface area contributed by atoms with Crippen LogP contribution in [0, 0.1) is 0 Å². The van der Waals surface area contributed by atoms with Crippen molar-refractivity contribution in [2.45, 2.75) is 56.5 Å². The first-order valence-electron chi connectivity index (χ1n) is 11.0. The molecular formula is C24H30N2O5S. The Kier molecular flexibility index (Phi) is 8.04. The molecule has 0 saturated carbocycles. The average Bonchev–Trinajstić information content (AvgIpc) is 2.79. The SMILES string of the molecule is CCOC(=O)C(Cc1ccccc1)NC(=O)c1cccc(S(=O)(=O)N2CCCCC2C)c1. The van der Waals surface area contributed by atoms with Crippen molar-refractivity contribution in [3.63, 3.8) is 0 Å². The van der Waals surface area contributed by atoms with Crippen LogP contribution in [-0.2, 0) is 26.0 Å². The van der Waals surface area contributed by atoms with Gasteiger partial charge in [0.2, 0.25) is 10.0 Å². The number of rotatable bonds is 8. The van der Waals surface area contributed by atoms with E-state index in [1.54, 1.807) is 19.1 Å². The number of sulfonamides is 1. The fourth-order valence-electron chi connectivity index (χ4n) is 3.89. The van der Waals surface area contributed by atoms with Crippen molar-refractivity contribution in [3.05, 3.63) is 65.7 Å². The quantitative estimate of drug-likeness (QED) is 0.614. The molecule has 1 heterocycles. The minimum atomic E-state index is -3.71. The molecule has 32 heavy (non-hydrogen) atoms.